The molecule has 0 bridgehead atoms. The summed E-state index contributed by atoms with van der Waals surface area (Å²) in [5, 5.41) is 8.63. The zero-order chi connectivity index (χ0) is 19.9. The van der Waals surface area contributed by atoms with Gasteiger partial charge in [0.25, 0.3) is 5.91 Å². The Labute approximate surface area is 163 Å². The summed E-state index contributed by atoms with van der Waals surface area (Å²) in [5.41, 5.74) is 3.40. The van der Waals surface area contributed by atoms with Gasteiger partial charge in [0, 0.05) is 13.0 Å². The fraction of sp³-hybridized carbons (Fsp3) is 0.286. The molecule has 1 aliphatic heterocycles. The van der Waals surface area contributed by atoms with Gasteiger partial charge in [0.05, 0.1) is 6.54 Å². The molecule has 0 aromatic heterocycles. The summed E-state index contributed by atoms with van der Waals surface area (Å²) >= 11 is 0. The standard InChI is InChI=1S/C21H23N3O4/c25-19(22-28)13-7-12-18-20(26)24(15-17-10-5-2-6-11-17)21(27)23(18)14-16-8-3-1-4-9-16/h1-6,8-11,18,28H,7,12-15H2,(H,22,25). The molecule has 0 saturated carbocycles. The van der Waals surface area contributed by atoms with Crippen molar-refractivity contribution in [2.75, 3.05) is 0 Å². The Morgan fingerprint density at radius 3 is 2.07 bits per heavy atom. The number of rotatable bonds is 8. The second kappa shape index (κ2) is 9.14. The minimum absolute atomic E-state index is 0.0896. The molecule has 1 aliphatic rings. The fourth-order valence-electron chi connectivity index (χ4n) is 3.36. The molecule has 2 N–H and O–H groups in total. The van der Waals surface area contributed by atoms with Crippen molar-refractivity contribution in [2.45, 2.75) is 38.4 Å². The average molecular weight is 381 g/mol. The number of nitrogens with one attached hydrogen (secondary N) is 1. The van der Waals surface area contributed by atoms with Crippen LogP contribution in [0.4, 0.5) is 4.79 Å². The zero-order valence-electron chi connectivity index (χ0n) is 15.5. The van der Waals surface area contributed by atoms with E-state index in [4.69, 9.17) is 5.21 Å². The van der Waals surface area contributed by atoms with Crippen molar-refractivity contribution in [1.29, 1.82) is 0 Å². The van der Waals surface area contributed by atoms with Gasteiger partial charge in [-0.2, -0.15) is 0 Å². The van der Waals surface area contributed by atoms with Crippen LogP contribution < -0.4 is 5.48 Å². The zero-order valence-corrected chi connectivity index (χ0v) is 15.5. The number of hydrogen-bond acceptors (Lipinski definition) is 4. The number of amides is 4. The maximum Gasteiger partial charge on any atom is 0.328 e. The number of carbonyl (C=O) groups is 3. The quantitative estimate of drug-likeness (QED) is 0.418. The van der Waals surface area contributed by atoms with Gasteiger partial charge in [0.15, 0.2) is 0 Å². The highest BCUT2D eigenvalue weighted by Gasteiger charge is 2.44. The highest BCUT2D eigenvalue weighted by molar-refractivity contribution is 6.04. The number of carbonyl (C=O) groups excluding carboxylic acids is 3. The van der Waals surface area contributed by atoms with Crippen LogP contribution >= 0.6 is 0 Å². The maximum absolute atomic E-state index is 13.0. The summed E-state index contributed by atoms with van der Waals surface area (Å²) < 4.78 is 0. The van der Waals surface area contributed by atoms with Gasteiger partial charge in [-0.1, -0.05) is 60.7 Å². The molecule has 0 aliphatic carbocycles. The van der Waals surface area contributed by atoms with Crippen LogP contribution in [0.1, 0.15) is 30.4 Å². The van der Waals surface area contributed by atoms with E-state index in [0.29, 0.717) is 19.4 Å². The van der Waals surface area contributed by atoms with E-state index < -0.39 is 11.9 Å². The van der Waals surface area contributed by atoms with Crippen LogP contribution in [0.25, 0.3) is 0 Å². The highest BCUT2D eigenvalue weighted by atomic mass is 16.5. The van der Waals surface area contributed by atoms with E-state index in [2.05, 4.69) is 0 Å². The van der Waals surface area contributed by atoms with Crippen LogP contribution in [0.5, 0.6) is 0 Å². The van der Waals surface area contributed by atoms with Gasteiger partial charge in [-0.3, -0.25) is 19.7 Å². The van der Waals surface area contributed by atoms with Gasteiger partial charge >= 0.3 is 6.03 Å². The van der Waals surface area contributed by atoms with Gasteiger partial charge < -0.3 is 4.90 Å². The molecule has 28 heavy (non-hydrogen) atoms. The van der Waals surface area contributed by atoms with Gasteiger partial charge in [-0.15, -0.1) is 0 Å². The second-order valence-corrected chi connectivity index (χ2v) is 6.75. The Bertz CT molecular complexity index is 826. The van der Waals surface area contributed by atoms with E-state index in [1.165, 1.54) is 4.90 Å². The summed E-state index contributed by atoms with van der Waals surface area (Å²) in [6.45, 7) is 0.547. The second-order valence-electron chi connectivity index (χ2n) is 6.75. The topological polar surface area (TPSA) is 90.0 Å². The molecule has 1 heterocycles. The van der Waals surface area contributed by atoms with E-state index >= 15 is 0 Å². The number of benzene rings is 2. The number of hydroxylamine groups is 1. The van der Waals surface area contributed by atoms with Gasteiger partial charge in [-0.05, 0) is 24.0 Å². The molecule has 0 radical (unpaired) electrons. The van der Waals surface area contributed by atoms with Crippen LogP contribution in [0.15, 0.2) is 60.7 Å². The van der Waals surface area contributed by atoms with Crippen LogP contribution in [-0.4, -0.2) is 38.9 Å². The van der Waals surface area contributed by atoms with Gasteiger partial charge in [0.2, 0.25) is 5.91 Å². The largest absolute Gasteiger partial charge is 0.328 e. The molecule has 1 atom stereocenters. The van der Waals surface area contributed by atoms with E-state index in [0.717, 1.165) is 11.1 Å². The SMILES string of the molecule is O=C(CCCC1C(=O)N(Cc2ccccc2)C(=O)N1Cc1ccccc1)NO. The summed E-state index contributed by atoms with van der Waals surface area (Å²) in [6.07, 6.45) is 0.836. The Morgan fingerprint density at radius 1 is 0.929 bits per heavy atom. The number of hydrogen-bond donors (Lipinski definition) is 2. The third-order valence-corrected chi connectivity index (χ3v) is 4.79. The molecule has 2 aromatic carbocycles. The lowest BCUT2D eigenvalue weighted by molar-refractivity contribution is -0.131. The molecule has 7 heteroatoms. The first-order chi connectivity index (χ1) is 13.6. The molecule has 146 valence electrons. The van der Waals surface area contributed by atoms with Crippen LogP contribution in [-0.2, 0) is 22.7 Å². The maximum atomic E-state index is 13.0. The molecule has 1 saturated heterocycles. The number of urea groups is 1. The summed E-state index contributed by atoms with van der Waals surface area (Å²) in [7, 11) is 0. The average Bonchev–Trinajstić information content (AvgIpc) is 2.94. The smallest absolute Gasteiger partial charge is 0.308 e. The summed E-state index contributed by atoms with van der Waals surface area (Å²) in [4.78, 5) is 40.1. The first-order valence-corrected chi connectivity index (χ1v) is 9.23. The monoisotopic (exact) mass is 381 g/mol. The first-order valence-electron chi connectivity index (χ1n) is 9.23. The summed E-state index contributed by atoms with van der Waals surface area (Å²) in [6, 6.07) is 17.9. The van der Waals surface area contributed by atoms with Crippen molar-refractivity contribution >= 4 is 17.8 Å². The molecule has 2 aromatic rings. The highest BCUT2D eigenvalue weighted by Crippen LogP contribution is 2.26. The molecule has 0 spiro atoms. The molecule has 4 amide bonds. The van der Waals surface area contributed by atoms with Crippen molar-refractivity contribution < 1.29 is 19.6 Å². The summed E-state index contributed by atoms with van der Waals surface area (Å²) in [5.74, 6) is -0.762. The van der Waals surface area contributed by atoms with Gasteiger partial charge in [0.1, 0.15) is 6.04 Å². The molecular formula is C21H23N3O4. The van der Waals surface area contributed by atoms with E-state index in [1.54, 1.807) is 10.4 Å². The van der Waals surface area contributed by atoms with Crippen LogP contribution in [0, 0.1) is 0 Å². The predicted octanol–water partition coefficient (Wildman–Crippen LogP) is 2.70. The lowest BCUT2D eigenvalue weighted by atomic mass is 10.1. The van der Waals surface area contributed by atoms with Crippen molar-refractivity contribution in [3.63, 3.8) is 0 Å². The van der Waals surface area contributed by atoms with Crippen molar-refractivity contribution in [2.24, 2.45) is 0 Å². The van der Waals surface area contributed by atoms with Crippen LogP contribution in [0.3, 0.4) is 0 Å². The molecule has 3 rings (SSSR count). The molecule has 1 fully saturated rings. The van der Waals surface area contributed by atoms with E-state index in [9.17, 15) is 14.4 Å². The lowest BCUT2D eigenvalue weighted by Gasteiger charge is -2.22. The van der Waals surface area contributed by atoms with Crippen LogP contribution in [0.2, 0.25) is 0 Å². The Hall–Kier alpha value is -3.19. The van der Waals surface area contributed by atoms with Crippen molar-refractivity contribution in [1.82, 2.24) is 15.3 Å². The molecule has 7 nitrogen and oxygen atoms in total. The van der Waals surface area contributed by atoms with Crippen molar-refractivity contribution in [3.05, 3.63) is 71.8 Å². The van der Waals surface area contributed by atoms with E-state index in [1.807, 2.05) is 60.7 Å². The minimum atomic E-state index is -0.622. The first kappa shape index (κ1) is 19.6. The molecular weight excluding hydrogens is 358 g/mol. The van der Waals surface area contributed by atoms with Gasteiger partial charge in [-0.25, -0.2) is 10.3 Å². The fourth-order valence-corrected chi connectivity index (χ4v) is 3.36. The lowest BCUT2D eigenvalue weighted by Crippen LogP contribution is -2.35. The Balaban J connectivity index is 1.77. The Kier molecular flexibility index (Phi) is 6.39. The number of nitrogens with zero attached hydrogens (tertiary/aromatic N) is 2. The predicted molar refractivity (Wildman–Crippen MR) is 102 cm³/mol. The third kappa shape index (κ3) is 4.55. The minimum Gasteiger partial charge on any atom is -0.308 e. The third-order valence-electron chi connectivity index (χ3n) is 4.79. The Morgan fingerprint density at radius 2 is 1.50 bits per heavy atom. The van der Waals surface area contributed by atoms with Crippen molar-refractivity contribution in [3.8, 4) is 0 Å². The molecule has 1 unspecified atom stereocenters. The normalized spacial score (nSPS) is 16.5. The number of imide groups is 1. The van der Waals surface area contributed by atoms with E-state index in [-0.39, 0.29) is 24.9 Å².